The van der Waals surface area contributed by atoms with Crippen LogP contribution in [0.3, 0.4) is 0 Å². The van der Waals surface area contributed by atoms with Crippen molar-refractivity contribution in [3.8, 4) is 0 Å². The van der Waals surface area contributed by atoms with E-state index in [1.165, 1.54) is 0 Å². The Balaban J connectivity index is 2.03. The standard InChI is InChI=1S/C20H17NO2/c1-13(2)18-16-11-7-6-8-14(16)12-17(19(18)22)20(23)21-15-9-4-3-5-10-15/h3-12H,1-2H3,(H,21,23). The van der Waals surface area contributed by atoms with Crippen LogP contribution in [-0.4, -0.2) is 11.7 Å². The lowest BCUT2D eigenvalue weighted by atomic mass is 9.84. The van der Waals surface area contributed by atoms with E-state index in [9.17, 15) is 9.59 Å². The van der Waals surface area contributed by atoms with Crippen molar-refractivity contribution >= 4 is 29.0 Å². The summed E-state index contributed by atoms with van der Waals surface area (Å²) < 4.78 is 0. The molecule has 0 atom stereocenters. The second kappa shape index (κ2) is 6.05. The second-order valence-corrected chi connectivity index (χ2v) is 5.67. The summed E-state index contributed by atoms with van der Waals surface area (Å²) in [7, 11) is 0. The van der Waals surface area contributed by atoms with Crippen LogP contribution in [-0.2, 0) is 9.59 Å². The lowest BCUT2D eigenvalue weighted by molar-refractivity contribution is -0.117. The van der Waals surface area contributed by atoms with Crippen LogP contribution in [0.1, 0.15) is 25.0 Å². The fourth-order valence-electron chi connectivity index (χ4n) is 2.71. The summed E-state index contributed by atoms with van der Waals surface area (Å²) in [5.41, 5.74) is 4.13. The van der Waals surface area contributed by atoms with E-state index in [1.807, 2.05) is 56.3 Å². The van der Waals surface area contributed by atoms with Crippen molar-refractivity contribution in [3.05, 3.63) is 76.9 Å². The number of para-hydroxylation sites is 1. The molecule has 3 nitrogen and oxygen atoms in total. The average molecular weight is 303 g/mol. The molecule has 2 aromatic rings. The van der Waals surface area contributed by atoms with Gasteiger partial charge in [0.25, 0.3) is 5.91 Å². The van der Waals surface area contributed by atoms with Crippen molar-refractivity contribution in [1.82, 2.24) is 0 Å². The summed E-state index contributed by atoms with van der Waals surface area (Å²) >= 11 is 0. The molecular weight excluding hydrogens is 286 g/mol. The number of fused-ring (bicyclic) bond motifs is 1. The number of carbonyl (C=O) groups excluding carboxylic acids is 2. The fraction of sp³-hybridized carbons (Fsp3) is 0.100. The first kappa shape index (κ1) is 15.0. The number of allylic oxidation sites excluding steroid dienone is 2. The van der Waals surface area contributed by atoms with Gasteiger partial charge in [-0.25, -0.2) is 0 Å². The molecule has 1 aliphatic carbocycles. The summed E-state index contributed by atoms with van der Waals surface area (Å²) in [4.78, 5) is 25.3. The maximum atomic E-state index is 12.8. The van der Waals surface area contributed by atoms with Crippen molar-refractivity contribution in [2.24, 2.45) is 0 Å². The molecule has 114 valence electrons. The minimum Gasteiger partial charge on any atom is -0.322 e. The molecule has 0 heterocycles. The molecule has 1 N–H and O–H groups in total. The van der Waals surface area contributed by atoms with Crippen LogP contribution >= 0.6 is 0 Å². The van der Waals surface area contributed by atoms with Crippen LogP contribution in [0, 0.1) is 0 Å². The van der Waals surface area contributed by atoms with E-state index in [-0.39, 0.29) is 17.3 Å². The van der Waals surface area contributed by atoms with Gasteiger partial charge in [0.15, 0.2) is 5.78 Å². The zero-order valence-corrected chi connectivity index (χ0v) is 13.1. The predicted molar refractivity (Wildman–Crippen MR) is 92.8 cm³/mol. The van der Waals surface area contributed by atoms with Crippen molar-refractivity contribution in [3.63, 3.8) is 0 Å². The molecule has 1 aliphatic rings. The maximum absolute atomic E-state index is 12.8. The largest absolute Gasteiger partial charge is 0.322 e. The van der Waals surface area contributed by atoms with Gasteiger partial charge in [-0.05, 0) is 43.2 Å². The van der Waals surface area contributed by atoms with Gasteiger partial charge in [-0.1, -0.05) is 48.0 Å². The first-order valence-corrected chi connectivity index (χ1v) is 7.47. The first-order valence-electron chi connectivity index (χ1n) is 7.47. The van der Waals surface area contributed by atoms with Crippen LogP contribution in [0.4, 0.5) is 5.69 Å². The Morgan fingerprint density at radius 1 is 0.913 bits per heavy atom. The number of hydrogen-bond donors (Lipinski definition) is 1. The molecule has 3 rings (SSSR count). The van der Waals surface area contributed by atoms with Gasteiger partial charge < -0.3 is 5.32 Å². The molecular formula is C20H17NO2. The van der Waals surface area contributed by atoms with Crippen molar-refractivity contribution in [2.45, 2.75) is 13.8 Å². The predicted octanol–water partition coefficient (Wildman–Crippen LogP) is 4.08. The molecule has 0 bridgehead atoms. The molecule has 0 unspecified atom stereocenters. The molecule has 23 heavy (non-hydrogen) atoms. The van der Waals surface area contributed by atoms with Crippen LogP contribution in [0.15, 0.2) is 65.7 Å². The third-order valence-corrected chi connectivity index (χ3v) is 3.78. The van der Waals surface area contributed by atoms with E-state index < -0.39 is 0 Å². The second-order valence-electron chi connectivity index (χ2n) is 5.67. The number of nitrogens with one attached hydrogen (secondary N) is 1. The smallest absolute Gasteiger partial charge is 0.259 e. The number of Topliss-reactive ketones (excluding diaryl/α,β-unsaturated/α-hetero) is 1. The molecule has 0 fully saturated rings. The van der Waals surface area contributed by atoms with Crippen LogP contribution in [0.2, 0.25) is 0 Å². The molecule has 1 amide bonds. The lowest BCUT2D eigenvalue weighted by Crippen LogP contribution is -2.24. The highest BCUT2D eigenvalue weighted by Gasteiger charge is 2.28. The van der Waals surface area contributed by atoms with Gasteiger partial charge in [-0.3, -0.25) is 9.59 Å². The minimum absolute atomic E-state index is 0.170. The highest BCUT2D eigenvalue weighted by atomic mass is 16.2. The zero-order valence-electron chi connectivity index (χ0n) is 13.1. The topological polar surface area (TPSA) is 46.2 Å². The lowest BCUT2D eigenvalue weighted by Gasteiger charge is -2.19. The molecule has 0 aromatic heterocycles. The van der Waals surface area contributed by atoms with Gasteiger partial charge in [0.1, 0.15) is 0 Å². The van der Waals surface area contributed by atoms with Gasteiger partial charge in [-0.2, -0.15) is 0 Å². The Bertz CT molecular complexity index is 841. The number of benzene rings is 2. The number of ketones is 1. The normalized spacial score (nSPS) is 13.2. The highest BCUT2D eigenvalue weighted by Crippen LogP contribution is 2.32. The Kier molecular flexibility index (Phi) is 3.94. The number of anilines is 1. The van der Waals surface area contributed by atoms with Crippen molar-refractivity contribution in [1.29, 1.82) is 0 Å². The quantitative estimate of drug-likeness (QED) is 0.671. The Hall–Kier alpha value is -2.94. The average Bonchev–Trinajstić information content (AvgIpc) is 2.54. The molecule has 3 heteroatoms. The molecule has 0 spiro atoms. The van der Waals surface area contributed by atoms with E-state index in [0.717, 1.165) is 16.7 Å². The molecule has 0 saturated heterocycles. The van der Waals surface area contributed by atoms with E-state index >= 15 is 0 Å². The first-order chi connectivity index (χ1) is 11.1. The molecule has 0 saturated carbocycles. The van der Waals surface area contributed by atoms with Gasteiger partial charge in [0.05, 0.1) is 5.57 Å². The number of rotatable bonds is 2. The SMILES string of the molecule is CC(C)=C1C(=O)C(C(=O)Nc2ccccc2)=Cc2ccccc21. The van der Waals surface area contributed by atoms with E-state index in [0.29, 0.717) is 11.3 Å². The Morgan fingerprint density at radius 2 is 1.57 bits per heavy atom. The third-order valence-electron chi connectivity index (χ3n) is 3.78. The third kappa shape index (κ3) is 2.86. The summed E-state index contributed by atoms with van der Waals surface area (Å²) in [5.74, 6) is -0.605. The van der Waals surface area contributed by atoms with Crippen molar-refractivity contribution < 1.29 is 9.59 Å². The van der Waals surface area contributed by atoms with Crippen molar-refractivity contribution in [2.75, 3.05) is 5.32 Å². The molecule has 0 aliphatic heterocycles. The van der Waals surface area contributed by atoms with Gasteiger partial charge in [-0.15, -0.1) is 0 Å². The van der Waals surface area contributed by atoms with Gasteiger partial charge in [0.2, 0.25) is 0 Å². The minimum atomic E-state index is -0.380. The van der Waals surface area contributed by atoms with Gasteiger partial charge in [0, 0.05) is 11.3 Å². The van der Waals surface area contributed by atoms with E-state index in [1.54, 1.807) is 18.2 Å². The highest BCUT2D eigenvalue weighted by molar-refractivity contribution is 6.43. The number of amides is 1. The van der Waals surface area contributed by atoms with E-state index in [2.05, 4.69) is 5.32 Å². The van der Waals surface area contributed by atoms with Gasteiger partial charge >= 0.3 is 0 Å². The Morgan fingerprint density at radius 3 is 2.26 bits per heavy atom. The summed E-state index contributed by atoms with van der Waals surface area (Å²) in [6.45, 7) is 3.78. The summed E-state index contributed by atoms with van der Waals surface area (Å²) in [5, 5.41) is 2.78. The van der Waals surface area contributed by atoms with Crippen LogP contribution in [0.5, 0.6) is 0 Å². The van der Waals surface area contributed by atoms with Crippen LogP contribution in [0.25, 0.3) is 11.6 Å². The zero-order chi connectivity index (χ0) is 16.4. The Labute approximate surface area is 135 Å². The number of hydrogen-bond acceptors (Lipinski definition) is 2. The monoisotopic (exact) mass is 303 g/mol. The fourth-order valence-corrected chi connectivity index (χ4v) is 2.71. The molecule has 0 radical (unpaired) electrons. The number of carbonyl (C=O) groups is 2. The maximum Gasteiger partial charge on any atom is 0.259 e. The van der Waals surface area contributed by atoms with Crippen LogP contribution < -0.4 is 5.32 Å². The van der Waals surface area contributed by atoms with E-state index in [4.69, 9.17) is 0 Å². The molecule has 2 aromatic carbocycles. The summed E-state index contributed by atoms with van der Waals surface area (Å²) in [6, 6.07) is 16.8. The summed E-state index contributed by atoms with van der Waals surface area (Å²) in [6.07, 6.45) is 1.67.